The van der Waals surface area contributed by atoms with Gasteiger partial charge in [-0.15, -0.1) is 0 Å². The summed E-state index contributed by atoms with van der Waals surface area (Å²) in [5.41, 5.74) is 4.30. The van der Waals surface area contributed by atoms with Gasteiger partial charge in [0.2, 0.25) is 11.6 Å². The smallest absolute Gasteiger partial charge is 0.311 e. The highest BCUT2D eigenvalue weighted by atomic mass is 16.6. The molecule has 5 nitrogen and oxygen atoms in total. The second kappa shape index (κ2) is 6.81. The highest BCUT2D eigenvalue weighted by molar-refractivity contribution is 5.52. The first-order chi connectivity index (χ1) is 12.0. The van der Waals surface area contributed by atoms with Crippen molar-refractivity contribution in [1.82, 2.24) is 4.57 Å². The zero-order chi connectivity index (χ0) is 18.0. The summed E-state index contributed by atoms with van der Waals surface area (Å²) in [4.78, 5) is 10.8. The molecule has 3 aromatic rings. The minimum absolute atomic E-state index is 0.0456. The van der Waals surface area contributed by atoms with Crippen LogP contribution in [0.4, 0.5) is 5.69 Å². The number of hydrogen-bond donors (Lipinski definition) is 0. The van der Waals surface area contributed by atoms with Crippen LogP contribution in [0.3, 0.4) is 0 Å². The Morgan fingerprint density at radius 2 is 1.72 bits per heavy atom. The first-order valence-electron chi connectivity index (χ1n) is 8.21. The minimum atomic E-state index is -0.427. The van der Waals surface area contributed by atoms with Crippen LogP contribution in [0.25, 0.3) is 5.69 Å². The van der Waals surface area contributed by atoms with Crippen LogP contribution in [-0.4, -0.2) is 9.49 Å². The molecular formula is C20H20N2O3. The van der Waals surface area contributed by atoms with Crippen molar-refractivity contribution in [2.75, 3.05) is 0 Å². The summed E-state index contributed by atoms with van der Waals surface area (Å²) in [6.45, 7) is 6.16. The van der Waals surface area contributed by atoms with E-state index in [0.29, 0.717) is 5.88 Å². The van der Waals surface area contributed by atoms with Gasteiger partial charge < -0.3 is 4.74 Å². The quantitative estimate of drug-likeness (QED) is 0.466. The molecule has 0 aliphatic heterocycles. The number of nitrogens with zero attached hydrogens (tertiary/aromatic N) is 2. The van der Waals surface area contributed by atoms with Crippen LogP contribution in [0.2, 0.25) is 0 Å². The van der Waals surface area contributed by atoms with Crippen LogP contribution in [0.15, 0.2) is 54.6 Å². The molecule has 1 heterocycles. The van der Waals surface area contributed by atoms with Gasteiger partial charge in [-0.05, 0) is 43.5 Å². The van der Waals surface area contributed by atoms with E-state index < -0.39 is 4.92 Å². The zero-order valence-corrected chi connectivity index (χ0v) is 14.5. The third kappa shape index (κ3) is 3.13. The number of aryl methyl sites for hydroxylation is 2. The van der Waals surface area contributed by atoms with Gasteiger partial charge in [-0.1, -0.05) is 37.3 Å². The van der Waals surface area contributed by atoms with E-state index in [9.17, 15) is 10.1 Å². The maximum absolute atomic E-state index is 11.3. The Bertz CT molecular complexity index is 928. The largest absolute Gasteiger partial charge is 0.433 e. The van der Waals surface area contributed by atoms with Crippen LogP contribution in [0.5, 0.6) is 11.6 Å². The molecule has 0 saturated carbocycles. The van der Waals surface area contributed by atoms with Gasteiger partial charge in [-0.3, -0.25) is 14.7 Å². The van der Waals surface area contributed by atoms with Crippen molar-refractivity contribution in [3.63, 3.8) is 0 Å². The van der Waals surface area contributed by atoms with E-state index in [2.05, 4.69) is 6.92 Å². The Hall–Kier alpha value is -3.08. The maximum Gasteiger partial charge on any atom is 0.311 e. The number of aromatic nitrogens is 1. The van der Waals surface area contributed by atoms with Gasteiger partial charge in [-0.25, -0.2) is 0 Å². The maximum atomic E-state index is 11.3. The highest BCUT2D eigenvalue weighted by Crippen LogP contribution is 2.35. The number of ether oxygens (including phenoxy) is 1. The fraction of sp³-hybridized carbons (Fsp3) is 0.200. The normalized spacial score (nSPS) is 10.7. The Morgan fingerprint density at radius 1 is 1.04 bits per heavy atom. The second-order valence-corrected chi connectivity index (χ2v) is 5.91. The van der Waals surface area contributed by atoms with Crippen LogP contribution in [0, 0.1) is 24.0 Å². The standard InChI is InChI=1S/C20H20N2O3/c1-4-16-15(3)13-20(21(16)17-10-6-5-9-14(17)2)25-19-12-8-7-11-18(19)22(23)24/h5-13H,4H2,1-3H3. The molecule has 25 heavy (non-hydrogen) atoms. The second-order valence-electron chi connectivity index (χ2n) is 5.91. The summed E-state index contributed by atoms with van der Waals surface area (Å²) in [5.74, 6) is 0.820. The minimum Gasteiger partial charge on any atom is -0.433 e. The molecule has 0 radical (unpaired) electrons. The summed E-state index contributed by atoms with van der Waals surface area (Å²) >= 11 is 0. The SMILES string of the molecule is CCc1c(C)cc(Oc2ccccc2[N+](=O)[O-])n1-c1ccccc1C. The summed E-state index contributed by atoms with van der Waals surface area (Å²) in [7, 11) is 0. The molecule has 0 spiro atoms. The molecule has 0 amide bonds. The predicted molar refractivity (Wildman–Crippen MR) is 97.8 cm³/mol. The molecule has 3 rings (SSSR count). The number of para-hydroxylation sites is 3. The van der Waals surface area contributed by atoms with Crippen molar-refractivity contribution in [2.45, 2.75) is 27.2 Å². The van der Waals surface area contributed by atoms with E-state index >= 15 is 0 Å². The van der Waals surface area contributed by atoms with Crippen molar-refractivity contribution in [2.24, 2.45) is 0 Å². The van der Waals surface area contributed by atoms with Crippen molar-refractivity contribution in [3.05, 3.63) is 81.5 Å². The fourth-order valence-electron chi connectivity index (χ4n) is 3.04. The van der Waals surface area contributed by atoms with Crippen molar-refractivity contribution in [1.29, 1.82) is 0 Å². The molecule has 0 aliphatic rings. The van der Waals surface area contributed by atoms with Gasteiger partial charge >= 0.3 is 5.69 Å². The van der Waals surface area contributed by atoms with Crippen LogP contribution in [-0.2, 0) is 6.42 Å². The third-order valence-corrected chi connectivity index (χ3v) is 4.25. The number of nitro benzene ring substituents is 1. The predicted octanol–water partition coefficient (Wildman–Crippen LogP) is 5.36. The van der Waals surface area contributed by atoms with E-state index in [1.54, 1.807) is 18.2 Å². The van der Waals surface area contributed by atoms with E-state index in [1.165, 1.54) is 6.07 Å². The molecule has 128 valence electrons. The van der Waals surface area contributed by atoms with E-state index in [0.717, 1.165) is 28.9 Å². The molecule has 0 N–H and O–H groups in total. The van der Waals surface area contributed by atoms with Gasteiger partial charge in [0.25, 0.3) is 0 Å². The Morgan fingerprint density at radius 3 is 2.40 bits per heavy atom. The zero-order valence-electron chi connectivity index (χ0n) is 14.5. The number of hydrogen-bond acceptors (Lipinski definition) is 3. The van der Waals surface area contributed by atoms with E-state index in [4.69, 9.17) is 4.74 Å². The molecular weight excluding hydrogens is 316 g/mol. The van der Waals surface area contributed by atoms with Crippen LogP contribution >= 0.6 is 0 Å². The molecule has 0 unspecified atom stereocenters. The third-order valence-electron chi connectivity index (χ3n) is 4.25. The van der Waals surface area contributed by atoms with Crippen molar-refractivity contribution >= 4 is 5.69 Å². The summed E-state index contributed by atoms with van der Waals surface area (Å²) in [6.07, 6.45) is 0.834. The van der Waals surface area contributed by atoms with Crippen molar-refractivity contribution in [3.8, 4) is 17.3 Å². The number of rotatable bonds is 5. The first-order valence-corrected chi connectivity index (χ1v) is 8.21. The lowest BCUT2D eigenvalue weighted by Gasteiger charge is -2.15. The van der Waals surface area contributed by atoms with Crippen LogP contribution < -0.4 is 4.74 Å². The number of benzene rings is 2. The molecule has 0 saturated heterocycles. The fourth-order valence-corrected chi connectivity index (χ4v) is 3.04. The summed E-state index contributed by atoms with van der Waals surface area (Å²) in [6, 6.07) is 16.4. The average molecular weight is 336 g/mol. The molecule has 2 aromatic carbocycles. The van der Waals surface area contributed by atoms with Crippen LogP contribution in [0.1, 0.15) is 23.7 Å². The summed E-state index contributed by atoms with van der Waals surface area (Å²) < 4.78 is 8.04. The monoisotopic (exact) mass is 336 g/mol. The molecule has 0 aliphatic carbocycles. The Labute approximate surface area is 146 Å². The van der Waals surface area contributed by atoms with E-state index in [1.807, 2.05) is 48.7 Å². The Kier molecular flexibility index (Phi) is 4.57. The van der Waals surface area contributed by atoms with Gasteiger partial charge in [-0.2, -0.15) is 0 Å². The van der Waals surface area contributed by atoms with Gasteiger partial charge in [0.1, 0.15) is 0 Å². The van der Waals surface area contributed by atoms with Crippen molar-refractivity contribution < 1.29 is 9.66 Å². The average Bonchev–Trinajstić information content (AvgIpc) is 2.90. The first kappa shape index (κ1) is 16.8. The molecule has 0 bridgehead atoms. The van der Waals surface area contributed by atoms with Gasteiger partial charge in [0.15, 0.2) is 0 Å². The lowest BCUT2D eigenvalue weighted by Crippen LogP contribution is -2.04. The Balaban J connectivity index is 2.16. The summed E-state index contributed by atoms with van der Waals surface area (Å²) in [5, 5.41) is 11.3. The highest BCUT2D eigenvalue weighted by Gasteiger charge is 2.20. The van der Waals surface area contributed by atoms with Gasteiger partial charge in [0, 0.05) is 17.8 Å². The van der Waals surface area contributed by atoms with Gasteiger partial charge in [0.05, 0.1) is 10.6 Å². The molecule has 1 aromatic heterocycles. The molecule has 5 heteroatoms. The topological polar surface area (TPSA) is 57.3 Å². The lowest BCUT2D eigenvalue weighted by molar-refractivity contribution is -0.385. The molecule has 0 atom stereocenters. The molecule has 0 fully saturated rings. The lowest BCUT2D eigenvalue weighted by atomic mass is 10.2. The van der Waals surface area contributed by atoms with E-state index in [-0.39, 0.29) is 11.4 Å². The number of nitro groups is 1.